The molecule has 3 heterocycles. The average molecular weight is 265 g/mol. The number of H-pyrrole nitrogens is 1. The van der Waals surface area contributed by atoms with Gasteiger partial charge >= 0.3 is 0 Å². The molecule has 2 aromatic heterocycles. The lowest BCUT2D eigenvalue weighted by Gasteiger charge is -2.14. The number of anilines is 1. The molecule has 0 bridgehead atoms. The highest BCUT2D eigenvalue weighted by Gasteiger charge is 2.42. The van der Waals surface area contributed by atoms with Gasteiger partial charge in [-0.25, -0.2) is 9.97 Å². The molecule has 19 heavy (non-hydrogen) atoms. The Morgan fingerprint density at radius 3 is 2.74 bits per heavy atom. The summed E-state index contributed by atoms with van der Waals surface area (Å²) in [6, 6.07) is -1.08. The van der Waals surface area contributed by atoms with Crippen molar-refractivity contribution in [2.24, 2.45) is 0 Å². The van der Waals surface area contributed by atoms with E-state index in [4.69, 9.17) is 10.8 Å². The number of aromatic nitrogens is 3. The maximum atomic E-state index is 10.0. The molecule has 4 atom stereocenters. The standard InChI is InChI=1S/C11H15N5O3/c12-11-8-6(14-3-15-11)4(1-13-8)7-10(19)9(18)5(2-17)16-7/h1,3,5,7,9-10,13,16-19H,2H2,(H2,12,14,15)/t5-,7+,9?,10?/m1/s1. The molecule has 0 amide bonds. The molecule has 0 saturated carbocycles. The smallest absolute Gasteiger partial charge is 0.151 e. The van der Waals surface area contributed by atoms with Crippen LogP contribution in [0, 0.1) is 0 Å². The van der Waals surface area contributed by atoms with E-state index in [-0.39, 0.29) is 6.61 Å². The third-order valence-corrected chi connectivity index (χ3v) is 3.55. The van der Waals surface area contributed by atoms with Gasteiger partial charge in [0, 0.05) is 11.8 Å². The number of nitrogens with zero attached hydrogens (tertiary/aromatic N) is 2. The zero-order valence-electron chi connectivity index (χ0n) is 9.98. The number of nitrogens with two attached hydrogens (primary N) is 1. The van der Waals surface area contributed by atoms with Gasteiger partial charge in [-0.15, -0.1) is 0 Å². The van der Waals surface area contributed by atoms with Crippen LogP contribution in [0.5, 0.6) is 0 Å². The first-order chi connectivity index (χ1) is 9.13. The van der Waals surface area contributed by atoms with E-state index in [9.17, 15) is 10.2 Å². The average Bonchev–Trinajstić information content (AvgIpc) is 2.94. The van der Waals surface area contributed by atoms with Crippen LogP contribution < -0.4 is 11.1 Å². The number of rotatable bonds is 2. The van der Waals surface area contributed by atoms with Crippen LogP contribution in [-0.4, -0.2) is 55.1 Å². The molecule has 1 fully saturated rings. The van der Waals surface area contributed by atoms with E-state index in [0.717, 1.165) is 0 Å². The predicted octanol–water partition coefficient (Wildman–Crippen LogP) is -1.73. The van der Waals surface area contributed by atoms with E-state index in [1.54, 1.807) is 6.20 Å². The van der Waals surface area contributed by atoms with Crippen molar-refractivity contribution in [1.29, 1.82) is 0 Å². The molecule has 0 aromatic carbocycles. The summed E-state index contributed by atoms with van der Waals surface area (Å²) in [7, 11) is 0. The highest BCUT2D eigenvalue weighted by molar-refractivity contribution is 5.87. The fourth-order valence-corrected chi connectivity index (χ4v) is 2.51. The third-order valence-electron chi connectivity index (χ3n) is 3.55. The molecular weight excluding hydrogens is 250 g/mol. The maximum Gasteiger partial charge on any atom is 0.151 e. The van der Waals surface area contributed by atoms with Gasteiger partial charge in [-0.1, -0.05) is 0 Å². The van der Waals surface area contributed by atoms with Crippen molar-refractivity contribution in [2.75, 3.05) is 12.3 Å². The Morgan fingerprint density at radius 1 is 1.26 bits per heavy atom. The maximum absolute atomic E-state index is 10.0. The summed E-state index contributed by atoms with van der Waals surface area (Å²) in [6.07, 6.45) is 0.964. The molecule has 0 spiro atoms. The Balaban J connectivity index is 2.04. The van der Waals surface area contributed by atoms with Crippen molar-refractivity contribution in [3.05, 3.63) is 18.1 Å². The van der Waals surface area contributed by atoms with Gasteiger partial charge in [0.15, 0.2) is 5.82 Å². The van der Waals surface area contributed by atoms with E-state index in [1.807, 2.05) is 0 Å². The summed E-state index contributed by atoms with van der Waals surface area (Å²) in [5, 5.41) is 32.0. The lowest BCUT2D eigenvalue weighted by Crippen LogP contribution is -2.35. The van der Waals surface area contributed by atoms with Gasteiger partial charge in [0.1, 0.15) is 17.9 Å². The molecule has 1 aliphatic rings. The summed E-state index contributed by atoms with van der Waals surface area (Å²) < 4.78 is 0. The van der Waals surface area contributed by atoms with Gasteiger partial charge in [0.05, 0.1) is 30.3 Å². The molecule has 3 rings (SSSR count). The number of hydrogen-bond acceptors (Lipinski definition) is 7. The largest absolute Gasteiger partial charge is 0.395 e. The summed E-state index contributed by atoms with van der Waals surface area (Å²) in [5.74, 6) is 0.322. The normalized spacial score (nSPS) is 31.1. The zero-order chi connectivity index (χ0) is 13.6. The minimum Gasteiger partial charge on any atom is -0.395 e. The minimum absolute atomic E-state index is 0.256. The Kier molecular flexibility index (Phi) is 2.86. The van der Waals surface area contributed by atoms with Crippen molar-refractivity contribution >= 4 is 16.9 Å². The van der Waals surface area contributed by atoms with Crippen LogP contribution in [0.3, 0.4) is 0 Å². The van der Waals surface area contributed by atoms with Crippen molar-refractivity contribution in [3.63, 3.8) is 0 Å². The van der Waals surface area contributed by atoms with Gasteiger partial charge in [-0.3, -0.25) is 0 Å². The molecule has 2 unspecified atom stereocenters. The molecular formula is C11H15N5O3. The van der Waals surface area contributed by atoms with Gasteiger partial charge in [0.2, 0.25) is 0 Å². The first-order valence-corrected chi connectivity index (χ1v) is 5.94. The first-order valence-electron chi connectivity index (χ1n) is 5.94. The Morgan fingerprint density at radius 2 is 2.05 bits per heavy atom. The van der Waals surface area contributed by atoms with Crippen LogP contribution in [0.1, 0.15) is 11.6 Å². The highest BCUT2D eigenvalue weighted by Crippen LogP contribution is 2.32. The number of hydrogen-bond donors (Lipinski definition) is 6. The van der Waals surface area contributed by atoms with Crippen molar-refractivity contribution < 1.29 is 15.3 Å². The number of nitrogen functional groups attached to an aromatic ring is 1. The molecule has 1 saturated heterocycles. The van der Waals surface area contributed by atoms with E-state index < -0.39 is 24.3 Å². The second-order valence-corrected chi connectivity index (χ2v) is 4.64. The third kappa shape index (κ3) is 1.77. The second kappa shape index (κ2) is 4.42. The molecule has 0 aliphatic carbocycles. The predicted molar refractivity (Wildman–Crippen MR) is 67.1 cm³/mol. The lowest BCUT2D eigenvalue weighted by atomic mass is 10.0. The monoisotopic (exact) mass is 265 g/mol. The fraction of sp³-hybridized carbons (Fsp3) is 0.455. The molecule has 102 valence electrons. The summed E-state index contributed by atoms with van der Waals surface area (Å²) in [5.41, 5.74) is 7.60. The summed E-state index contributed by atoms with van der Waals surface area (Å²) in [6.45, 7) is -0.256. The Hall–Kier alpha value is -1.74. The first kappa shape index (κ1) is 12.3. The number of nitrogens with one attached hydrogen (secondary N) is 2. The van der Waals surface area contributed by atoms with Crippen LogP contribution in [0.2, 0.25) is 0 Å². The van der Waals surface area contributed by atoms with E-state index in [2.05, 4.69) is 20.3 Å². The van der Waals surface area contributed by atoms with E-state index in [0.29, 0.717) is 22.4 Å². The van der Waals surface area contributed by atoms with Gasteiger partial charge in [-0.2, -0.15) is 0 Å². The summed E-state index contributed by atoms with van der Waals surface area (Å²) in [4.78, 5) is 11.0. The molecule has 7 N–H and O–H groups in total. The van der Waals surface area contributed by atoms with E-state index >= 15 is 0 Å². The minimum atomic E-state index is -1.03. The number of fused-ring (bicyclic) bond motifs is 1. The zero-order valence-corrected chi connectivity index (χ0v) is 9.98. The topological polar surface area (TPSA) is 140 Å². The second-order valence-electron chi connectivity index (χ2n) is 4.64. The number of aliphatic hydroxyl groups is 3. The molecule has 0 radical (unpaired) electrons. The number of aliphatic hydroxyl groups excluding tert-OH is 3. The van der Waals surface area contributed by atoms with Gasteiger partial charge in [0.25, 0.3) is 0 Å². The Bertz CT molecular complexity index is 601. The van der Waals surface area contributed by atoms with Crippen LogP contribution >= 0.6 is 0 Å². The highest BCUT2D eigenvalue weighted by atomic mass is 16.3. The molecule has 2 aromatic rings. The van der Waals surface area contributed by atoms with Crippen molar-refractivity contribution in [2.45, 2.75) is 24.3 Å². The number of aromatic amines is 1. The van der Waals surface area contributed by atoms with Crippen LogP contribution in [-0.2, 0) is 0 Å². The van der Waals surface area contributed by atoms with Crippen molar-refractivity contribution in [1.82, 2.24) is 20.3 Å². The van der Waals surface area contributed by atoms with Crippen molar-refractivity contribution in [3.8, 4) is 0 Å². The lowest BCUT2D eigenvalue weighted by molar-refractivity contribution is 0.0196. The van der Waals surface area contributed by atoms with Crippen LogP contribution in [0.4, 0.5) is 5.82 Å². The quantitative estimate of drug-likeness (QED) is 0.379. The van der Waals surface area contributed by atoms with Gasteiger partial charge in [-0.05, 0) is 0 Å². The fourth-order valence-electron chi connectivity index (χ4n) is 2.51. The van der Waals surface area contributed by atoms with E-state index in [1.165, 1.54) is 6.33 Å². The Labute approximate surface area is 108 Å². The van der Waals surface area contributed by atoms with Crippen LogP contribution in [0.15, 0.2) is 12.5 Å². The van der Waals surface area contributed by atoms with Gasteiger partial charge < -0.3 is 31.4 Å². The van der Waals surface area contributed by atoms with Crippen LogP contribution in [0.25, 0.3) is 11.0 Å². The SMILES string of the molecule is Nc1ncnc2c([C@@H]3N[C@H](CO)C(O)C3O)c[nH]c12. The molecule has 8 heteroatoms. The molecule has 1 aliphatic heterocycles. The summed E-state index contributed by atoms with van der Waals surface area (Å²) >= 11 is 0. The molecule has 8 nitrogen and oxygen atoms in total.